The van der Waals surface area contributed by atoms with Crippen molar-refractivity contribution in [1.29, 1.82) is 0 Å². The summed E-state index contributed by atoms with van der Waals surface area (Å²) in [5.41, 5.74) is 2.28. The molecular weight excluding hydrogens is 488 g/mol. The van der Waals surface area contributed by atoms with Gasteiger partial charge in [-0.05, 0) is 60.7 Å². The van der Waals surface area contributed by atoms with Crippen molar-refractivity contribution in [3.63, 3.8) is 0 Å². The molecule has 0 bridgehead atoms. The van der Waals surface area contributed by atoms with Crippen LogP contribution in [0.3, 0.4) is 0 Å². The van der Waals surface area contributed by atoms with E-state index < -0.39 is 12.4 Å². The van der Waals surface area contributed by atoms with Gasteiger partial charge in [-0.2, -0.15) is 4.98 Å². The smallest absolute Gasteiger partial charge is 0.441 e. The van der Waals surface area contributed by atoms with Crippen molar-refractivity contribution in [2.45, 2.75) is 32.1 Å². The molecule has 1 amide bonds. The predicted molar refractivity (Wildman–Crippen MR) is 127 cm³/mol. The molecule has 5 rings (SSSR count). The van der Waals surface area contributed by atoms with Gasteiger partial charge < -0.3 is 18.6 Å². The van der Waals surface area contributed by atoms with E-state index in [1.54, 1.807) is 35.2 Å². The first kappa shape index (κ1) is 24.0. The minimum absolute atomic E-state index is 0.0357. The topological polar surface area (TPSA) is 114 Å². The van der Waals surface area contributed by atoms with E-state index in [9.17, 15) is 13.6 Å². The Bertz CT molecular complexity index is 1390. The van der Waals surface area contributed by atoms with Crippen LogP contribution >= 0.6 is 0 Å². The van der Waals surface area contributed by atoms with Gasteiger partial charge in [0.2, 0.25) is 5.89 Å². The van der Waals surface area contributed by atoms with Gasteiger partial charge in [0.15, 0.2) is 17.8 Å². The monoisotopic (exact) mass is 509 g/mol. The number of amides is 1. The van der Waals surface area contributed by atoms with Gasteiger partial charge in [0.05, 0.1) is 6.20 Å². The number of alkyl halides is 2. The number of fused-ring (bicyclic) bond motifs is 1. The Morgan fingerprint density at radius 3 is 2.73 bits per heavy atom. The maximum atomic E-state index is 13.1. The van der Waals surface area contributed by atoms with Crippen LogP contribution in [0.25, 0.3) is 12.2 Å². The van der Waals surface area contributed by atoms with Gasteiger partial charge in [0, 0.05) is 24.5 Å². The number of carbonyl (C=O) groups is 1. The van der Waals surface area contributed by atoms with Gasteiger partial charge in [-0.25, -0.2) is 4.79 Å². The standard InChI is InChI=1S/C25H21F2N5O5/c26-25(27)36-20-10-6-18(15-21(20)37-25)7-11-22-30-23(16-34-22)35-24(33)29-19-8-4-17(5-9-19)3-1-2-13-32-14-12-28-31-32/h4-12,14-16H,1-3,13H2,(H,29,33)/b11-7+. The summed E-state index contributed by atoms with van der Waals surface area (Å²) in [6.07, 6.45) is 6.25. The van der Waals surface area contributed by atoms with Crippen molar-refractivity contribution in [2.24, 2.45) is 0 Å². The second-order valence-electron chi connectivity index (χ2n) is 8.07. The molecule has 0 spiro atoms. The SMILES string of the molecule is O=C(Nc1ccc(CCCCn2ccnn2)cc1)Oc1coc(/C=C/c2ccc3c(c2)OC(F)(F)O3)n1. The van der Waals surface area contributed by atoms with E-state index in [4.69, 9.17) is 9.15 Å². The summed E-state index contributed by atoms with van der Waals surface area (Å²) >= 11 is 0. The largest absolute Gasteiger partial charge is 0.586 e. The first-order valence-corrected chi connectivity index (χ1v) is 11.4. The van der Waals surface area contributed by atoms with Crippen LogP contribution < -0.4 is 19.5 Å². The van der Waals surface area contributed by atoms with Crippen LogP contribution in [0, 0.1) is 0 Å². The van der Waals surface area contributed by atoms with Crippen LogP contribution in [-0.2, 0) is 13.0 Å². The molecule has 12 heteroatoms. The molecular formula is C25H21F2N5O5. The predicted octanol–water partition coefficient (Wildman–Crippen LogP) is 5.39. The number of aryl methyl sites for hydroxylation is 2. The number of hydrogen-bond donors (Lipinski definition) is 1. The van der Waals surface area contributed by atoms with E-state index in [1.165, 1.54) is 24.5 Å². The molecule has 37 heavy (non-hydrogen) atoms. The fraction of sp³-hybridized carbons (Fsp3) is 0.200. The number of rotatable bonds is 9. The maximum Gasteiger partial charge on any atom is 0.586 e. The molecule has 0 aliphatic carbocycles. The van der Waals surface area contributed by atoms with Crippen molar-refractivity contribution in [2.75, 3.05) is 5.32 Å². The van der Waals surface area contributed by atoms with E-state index in [0.717, 1.165) is 31.4 Å². The molecule has 2 aromatic carbocycles. The number of anilines is 1. The maximum absolute atomic E-state index is 13.1. The highest BCUT2D eigenvalue weighted by atomic mass is 19.3. The van der Waals surface area contributed by atoms with Crippen molar-refractivity contribution >= 4 is 23.9 Å². The molecule has 4 aromatic rings. The number of nitrogens with zero attached hydrogens (tertiary/aromatic N) is 4. The van der Waals surface area contributed by atoms with E-state index in [2.05, 4.69) is 30.1 Å². The van der Waals surface area contributed by atoms with Gasteiger partial charge in [-0.3, -0.25) is 10.00 Å². The third-order valence-electron chi connectivity index (χ3n) is 5.32. The number of oxazole rings is 1. The zero-order chi connectivity index (χ0) is 25.7. The summed E-state index contributed by atoms with van der Waals surface area (Å²) in [4.78, 5) is 16.3. The Hall–Kier alpha value is -4.74. The average Bonchev–Trinajstić information content (AvgIpc) is 3.60. The van der Waals surface area contributed by atoms with Gasteiger partial charge in [0.1, 0.15) is 0 Å². The fourth-order valence-electron chi connectivity index (χ4n) is 3.58. The van der Waals surface area contributed by atoms with Crippen LogP contribution in [0.2, 0.25) is 0 Å². The second kappa shape index (κ2) is 10.5. The third kappa shape index (κ3) is 6.48. The van der Waals surface area contributed by atoms with Gasteiger partial charge in [0.25, 0.3) is 5.88 Å². The molecule has 0 radical (unpaired) electrons. The summed E-state index contributed by atoms with van der Waals surface area (Å²) in [7, 11) is 0. The Morgan fingerprint density at radius 1 is 1.08 bits per heavy atom. The summed E-state index contributed by atoms with van der Waals surface area (Å²) in [5, 5.41) is 10.4. The minimum atomic E-state index is -3.68. The third-order valence-corrected chi connectivity index (χ3v) is 5.32. The molecule has 1 aliphatic rings. The lowest BCUT2D eigenvalue weighted by atomic mass is 10.1. The number of hydrogen-bond acceptors (Lipinski definition) is 8. The zero-order valence-corrected chi connectivity index (χ0v) is 19.3. The summed E-state index contributed by atoms with van der Waals surface area (Å²) < 4.78 is 47.3. The quantitative estimate of drug-likeness (QED) is 0.299. The van der Waals surface area contributed by atoms with E-state index >= 15 is 0 Å². The van der Waals surface area contributed by atoms with Crippen molar-refractivity contribution in [3.05, 3.63) is 78.1 Å². The molecule has 1 aliphatic heterocycles. The van der Waals surface area contributed by atoms with Crippen molar-refractivity contribution in [1.82, 2.24) is 20.0 Å². The summed E-state index contributed by atoms with van der Waals surface area (Å²) in [5.74, 6) is -0.00382. The lowest BCUT2D eigenvalue weighted by Gasteiger charge is -2.06. The van der Waals surface area contributed by atoms with E-state index in [-0.39, 0.29) is 23.3 Å². The van der Waals surface area contributed by atoms with E-state index in [1.807, 2.05) is 18.3 Å². The molecule has 10 nitrogen and oxygen atoms in total. The first-order chi connectivity index (χ1) is 17.9. The Morgan fingerprint density at radius 2 is 1.92 bits per heavy atom. The first-order valence-electron chi connectivity index (χ1n) is 11.4. The van der Waals surface area contributed by atoms with Crippen LogP contribution in [0.5, 0.6) is 17.4 Å². The molecule has 0 saturated heterocycles. The van der Waals surface area contributed by atoms with Crippen molar-refractivity contribution < 1.29 is 32.2 Å². The number of ether oxygens (including phenoxy) is 3. The Kier molecular flexibility index (Phi) is 6.79. The molecule has 0 saturated carbocycles. The van der Waals surface area contributed by atoms with Crippen molar-refractivity contribution in [3.8, 4) is 17.4 Å². The average molecular weight is 509 g/mol. The number of unbranched alkanes of at least 4 members (excludes halogenated alkanes) is 1. The Labute approximate surface area is 209 Å². The number of carbonyl (C=O) groups excluding carboxylic acids is 1. The highest BCUT2D eigenvalue weighted by molar-refractivity contribution is 5.86. The highest BCUT2D eigenvalue weighted by Crippen LogP contribution is 2.41. The minimum Gasteiger partial charge on any atom is -0.441 e. The normalized spacial score (nSPS) is 13.7. The molecule has 2 aromatic heterocycles. The molecule has 190 valence electrons. The van der Waals surface area contributed by atoms with E-state index in [0.29, 0.717) is 11.3 Å². The molecule has 0 fully saturated rings. The number of aromatic nitrogens is 4. The lowest BCUT2D eigenvalue weighted by molar-refractivity contribution is -0.286. The van der Waals surface area contributed by atoms with Crippen LogP contribution in [0.4, 0.5) is 19.3 Å². The summed E-state index contributed by atoms with van der Waals surface area (Å²) in [6, 6.07) is 11.8. The fourth-order valence-corrected chi connectivity index (χ4v) is 3.58. The molecule has 1 N–H and O–H groups in total. The number of halogens is 2. The number of nitrogens with one attached hydrogen (secondary N) is 1. The molecule has 0 unspecified atom stereocenters. The second-order valence-corrected chi connectivity index (χ2v) is 8.07. The zero-order valence-electron chi connectivity index (χ0n) is 19.3. The van der Waals surface area contributed by atoms with Gasteiger partial charge in [-0.15, -0.1) is 13.9 Å². The molecule has 3 heterocycles. The van der Waals surface area contributed by atoms with Gasteiger partial charge >= 0.3 is 12.4 Å². The van der Waals surface area contributed by atoms with Crippen LogP contribution in [0.1, 0.15) is 29.9 Å². The lowest BCUT2D eigenvalue weighted by Crippen LogP contribution is -2.25. The highest BCUT2D eigenvalue weighted by Gasteiger charge is 2.43. The van der Waals surface area contributed by atoms with Crippen LogP contribution in [-0.4, -0.2) is 32.4 Å². The molecule has 0 atom stereocenters. The van der Waals surface area contributed by atoms with Crippen LogP contribution in [0.15, 0.2) is 65.5 Å². The summed E-state index contributed by atoms with van der Waals surface area (Å²) in [6.45, 7) is 0.824. The van der Waals surface area contributed by atoms with Gasteiger partial charge in [-0.1, -0.05) is 23.4 Å². The Balaban J connectivity index is 1.08. The number of benzene rings is 2.